The van der Waals surface area contributed by atoms with Crippen LogP contribution in [0.25, 0.3) is 0 Å². The topological polar surface area (TPSA) is 32.3 Å². The first-order chi connectivity index (χ1) is 9.58. The van der Waals surface area contributed by atoms with Gasteiger partial charge in [0.1, 0.15) is 11.6 Å². The van der Waals surface area contributed by atoms with Gasteiger partial charge in [0.05, 0.1) is 0 Å². The van der Waals surface area contributed by atoms with Crippen molar-refractivity contribution in [2.24, 2.45) is 5.92 Å². The second kappa shape index (κ2) is 5.13. The predicted octanol–water partition coefficient (Wildman–Crippen LogP) is 1.89. The van der Waals surface area contributed by atoms with E-state index in [1.165, 1.54) is 6.07 Å². The van der Waals surface area contributed by atoms with Gasteiger partial charge in [-0.05, 0) is 49.1 Å². The van der Waals surface area contributed by atoms with Crippen LogP contribution in [-0.2, 0) is 4.79 Å². The van der Waals surface area contributed by atoms with Crippen molar-refractivity contribution < 1.29 is 13.6 Å². The highest BCUT2D eigenvalue weighted by Crippen LogP contribution is 2.49. The van der Waals surface area contributed by atoms with Gasteiger partial charge in [0.15, 0.2) is 0 Å². The number of likely N-dealkylation sites (N-methyl/N-ethyl adjacent to an activating group) is 1. The first-order valence-corrected chi connectivity index (χ1v) is 7.00. The molecule has 3 atom stereocenters. The van der Waals surface area contributed by atoms with E-state index in [2.05, 4.69) is 5.32 Å². The SMILES string of the molecule is CN(C(=O)[C@@H]1C[C@@H]1c1cc(F)ccc1F)[C@@H]1CCNC1. The first kappa shape index (κ1) is 13.5. The van der Waals surface area contributed by atoms with E-state index in [0.717, 1.165) is 31.6 Å². The molecule has 5 heteroatoms. The number of hydrogen-bond donors (Lipinski definition) is 1. The van der Waals surface area contributed by atoms with E-state index in [4.69, 9.17) is 0 Å². The van der Waals surface area contributed by atoms with Crippen LogP contribution in [0.15, 0.2) is 18.2 Å². The molecule has 0 aromatic heterocycles. The fourth-order valence-electron chi connectivity index (χ4n) is 3.02. The van der Waals surface area contributed by atoms with Gasteiger partial charge in [-0.1, -0.05) is 0 Å². The summed E-state index contributed by atoms with van der Waals surface area (Å²) >= 11 is 0. The summed E-state index contributed by atoms with van der Waals surface area (Å²) in [5.41, 5.74) is 0.335. The fourth-order valence-corrected chi connectivity index (χ4v) is 3.02. The third-order valence-corrected chi connectivity index (χ3v) is 4.39. The maximum atomic E-state index is 13.7. The maximum Gasteiger partial charge on any atom is 0.226 e. The third-order valence-electron chi connectivity index (χ3n) is 4.39. The van der Waals surface area contributed by atoms with Gasteiger partial charge < -0.3 is 10.2 Å². The zero-order valence-corrected chi connectivity index (χ0v) is 11.4. The Morgan fingerprint density at radius 2 is 2.20 bits per heavy atom. The molecule has 3 rings (SSSR count). The van der Waals surface area contributed by atoms with Gasteiger partial charge >= 0.3 is 0 Å². The molecule has 1 N–H and O–H groups in total. The summed E-state index contributed by atoms with van der Waals surface area (Å²) in [6.07, 6.45) is 1.57. The van der Waals surface area contributed by atoms with Crippen molar-refractivity contribution in [1.82, 2.24) is 10.2 Å². The summed E-state index contributed by atoms with van der Waals surface area (Å²) < 4.78 is 26.9. The minimum absolute atomic E-state index is 0.0485. The summed E-state index contributed by atoms with van der Waals surface area (Å²) in [5, 5.41) is 3.22. The molecule has 0 unspecified atom stereocenters. The monoisotopic (exact) mass is 280 g/mol. The third kappa shape index (κ3) is 2.42. The molecule has 1 saturated heterocycles. The number of halogens is 2. The smallest absolute Gasteiger partial charge is 0.226 e. The van der Waals surface area contributed by atoms with E-state index in [1.54, 1.807) is 11.9 Å². The lowest BCUT2D eigenvalue weighted by Gasteiger charge is -2.24. The number of carbonyl (C=O) groups is 1. The highest BCUT2D eigenvalue weighted by atomic mass is 19.1. The van der Waals surface area contributed by atoms with Gasteiger partial charge in [0.2, 0.25) is 5.91 Å². The fraction of sp³-hybridized carbons (Fsp3) is 0.533. The van der Waals surface area contributed by atoms with Gasteiger partial charge in [-0.3, -0.25) is 4.79 Å². The van der Waals surface area contributed by atoms with Crippen LogP contribution in [0.2, 0.25) is 0 Å². The molecule has 2 aliphatic rings. The largest absolute Gasteiger partial charge is 0.341 e. The molecule has 2 fully saturated rings. The Morgan fingerprint density at radius 3 is 2.90 bits per heavy atom. The number of amides is 1. The van der Waals surface area contributed by atoms with Crippen LogP contribution >= 0.6 is 0 Å². The van der Waals surface area contributed by atoms with Crippen LogP contribution in [0.4, 0.5) is 8.78 Å². The molecule has 0 bridgehead atoms. The number of hydrogen-bond acceptors (Lipinski definition) is 2. The molecular weight excluding hydrogens is 262 g/mol. The Hall–Kier alpha value is -1.49. The average Bonchev–Trinajstić information content (AvgIpc) is 3.03. The number of benzene rings is 1. The lowest BCUT2D eigenvalue weighted by Crippen LogP contribution is -2.39. The van der Waals surface area contributed by atoms with E-state index >= 15 is 0 Å². The summed E-state index contributed by atoms with van der Waals surface area (Å²) in [4.78, 5) is 14.1. The Bertz CT molecular complexity index is 529. The molecule has 1 saturated carbocycles. The summed E-state index contributed by atoms with van der Waals surface area (Å²) in [7, 11) is 1.80. The van der Waals surface area contributed by atoms with Crippen molar-refractivity contribution in [3.63, 3.8) is 0 Å². The van der Waals surface area contributed by atoms with Crippen LogP contribution in [0.1, 0.15) is 24.3 Å². The molecule has 1 aliphatic heterocycles. The molecule has 1 heterocycles. The van der Waals surface area contributed by atoms with Crippen LogP contribution in [0.3, 0.4) is 0 Å². The van der Waals surface area contributed by atoms with Crippen molar-refractivity contribution in [3.05, 3.63) is 35.4 Å². The predicted molar refractivity (Wildman–Crippen MR) is 71.3 cm³/mol. The summed E-state index contributed by atoms with van der Waals surface area (Å²) in [6, 6.07) is 3.68. The van der Waals surface area contributed by atoms with Gasteiger partial charge in [-0.15, -0.1) is 0 Å². The van der Waals surface area contributed by atoms with Crippen LogP contribution in [0.5, 0.6) is 0 Å². The average molecular weight is 280 g/mol. The molecule has 3 nitrogen and oxygen atoms in total. The zero-order valence-electron chi connectivity index (χ0n) is 11.4. The Kier molecular flexibility index (Phi) is 3.46. The van der Waals surface area contributed by atoms with Crippen molar-refractivity contribution in [1.29, 1.82) is 0 Å². The number of nitrogens with zero attached hydrogens (tertiary/aromatic N) is 1. The maximum absolute atomic E-state index is 13.7. The Balaban J connectivity index is 1.69. The molecule has 1 amide bonds. The Morgan fingerprint density at radius 1 is 1.40 bits per heavy atom. The standard InChI is InChI=1S/C15H18F2N2O/c1-19(10-4-5-18-8-10)15(20)13-7-11(13)12-6-9(16)2-3-14(12)17/h2-3,6,10-11,13,18H,4-5,7-8H2,1H3/t10-,11-,13-/m1/s1. The molecular formula is C15H18F2N2O. The van der Waals surface area contributed by atoms with Crippen LogP contribution in [0, 0.1) is 17.6 Å². The highest BCUT2D eigenvalue weighted by molar-refractivity contribution is 5.83. The van der Waals surface area contributed by atoms with Crippen molar-refractivity contribution in [2.45, 2.75) is 24.8 Å². The molecule has 1 aromatic carbocycles. The van der Waals surface area contributed by atoms with E-state index in [9.17, 15) is 13.6 Å². The van der Waals surface area contributed by atoms with Crippen LogP contribution < -0.4 is 5.32 Å². The highest BCUT2D eigenvalue weighted by Gasteiger charge is 2.47. The minimum atomic E-state index is -0.451. The molecule has 108 valence electrons. The number of rotatable bonds is 3. The van der Waals surface area contributed by atoms with E-state index in [0.29, 0.717) is 12.0 Å². The molecule has 0 spiro atoms. The normalized spacial score (nSPS) is 28.4. The first-order valence-electron chi connectivity index (χ1n) is 7.00. The van der Waals surface area contributed by atoms with E-state index in [1.807, 2.05) is 0 Å². The zero-order chi connectivity index (χ0) is 14.3. The van der Waals surface area contributed by atoms with Gasteiger partial charge in [0, 0.05) is 25.6 Å². The van der Waals surface area contributed by atoms with Crippen molar-refractivity contribution in [2.75, 3.05) is 20.1 Å². The van der Waals surface area contributed by atoms with Crippen molar-refractivity contribution >= 4 is 5.91 Å². The van der Waals surface area contributed by atoms with Gasteiger partial charge in [0.25, 0.3) is 0 Å². The Labute approximate surface area is 117 Å². The lowest BCUT2D eigenvalue weighted by molar-refractivity contribution is -0.133. The quantitative estimate of drug-likeness (QED) is 0.917. The molecule has 0 radical (unpaired) electrons. The van der Waals surface area contributed by atoms with E-state index < -0.39 is 11.6 Å². The summed E-state index contributed by atoms with van der Waals surface area (Å²) in [5.74, 6) is -1.19. The molecule has 1 aromatic rings. The van der Waals surface area contributed by atoms with Gasteiger partial charge in [-0.25, -0.2) is 8.78 Å². The summed E-state index contributed by atoms with van der Waals surface area (Å²) in [6.45, 7) is 1.74. The second-order valence-corrected chi connectivity index (χ2v) is 5.71. The second-order valence-electron chi connectivity index (χ2n) is 5.71. The number of nitrogens with one attached hydrogen (secondary N) is 1. The van der Waals surface area contributed by atoms with E-state index in [-0.39, 0.29) is 23.8 Å². The van der Waals surface area contributed by atoms with Gasteiger partial charge in [-0.2, -0.15) is 0 Å². The minimum Gasteiger partial charge on any atom is -0.341 e. The molecule has 1 aliphatic carbocycles. The lowest BCUT2D eigenvalue weighted by atomic mass is 10.1. The molecule has 20 heavy (non-hydrogen) atoms. The van der Waals surface area contributed by atoms with Crippen LogP contribution in [-0.4, -0.2) is 37.0 Å². The number of carbonyl (C=O) groups excluding carboxylic acids is 1. The van der Waals surface area contributed by atoms with Crippen molar-refractivity contribution in [3.8, 4) is 0 Å².